The second-order valence-electron chi connectivity index (χ2n) is 16.5. The Kier molecular flexibility index (Phi) is 10.2. The number of imide groups is 1. The number of carbonyl (C=O) groups excluding carboxylic acids is 3. The third-order valence-electron chi connectivity index (χ3n) is 13.1. The van der Waals surface area contributed by atoms with Gasteiger partial charge in [0.2, 0.25) is 5.91 Å². The Morgan fingerprint density at radius 1 is 0.931 bits per heavy atom. The van der Waals surface area contributed by atoms with Crippen molar-refractivity contribution in [2.45, 2.75) is 63.8 Å². The molecule has 298 valence electrons. The summed E-state index contributed by atoms with van der Waals surface area (Å²) in [5, 5.41) is 22.5. The van der Waals surface area contributed by atoms with Crippen molar-refractivity contribution in [3.63, 3.8) is 0 Å². The van der Waals surface area contributed by atoms with Crippen LogP contribution in [0.3, 0.4) is 0 Å². The number of fused-ring (bicyclic) bond motifs is 2. The van der Waals surface area contributed by atoms with Gasteiger partial charge in [0.05, 0.1) is 47.4 Å². The second-order valence-corrected chi connectivity index (χ2v) is 16.5. The molecule has 14 nitrogen and oxygen atoms in total. The predicted octanol–water partition coefficient (Wildman–Crippen LogP) is 6.67. The molecule has 6 heterocycles. The normalized spacial score (nSPS) is 21.2. The first kappa shape index (κ1) is 37.5. The molecule has 1 spiro atoms. The minimum atomic E-state index is -0.388. The number of likely N-dealkylation sites (tertiary alicyclic amines) is 1. The van der Waals surface area contributed by atoms with Gasteiger partial charge in [0, 0.05) is 85.3 Å². The number of nitrogens with zero attached hydrogens (tertiary/aromatic N) is 8. The molecule has 1 aliphatic carbocycles. The molecule has 9 rings (SSSR count). The summed E-state index contributed by atoms with van der Waals surface area (Å²) in [6.07, 6.45) is 18.2. The van der Waals surface area contributed by atoms with Crippen LogP contribution in [0.4, 0.5) is 21.9 Å². The van der Waals surface area contributed by atoms with Crippen molar-refractivity contribution >= 4 is 56.6 Å². The number of aromatic nitrogens is 4. The van der Waals surface area contributed by atoms with Crippen molar-refractivity contribution in [2.24, 2.45) is 11.3 Å². The Bertz CT molecular complexity index is 2410. The van der Waals surface area contributed by atoms with Gasteiger partial charge < -0.3 is 19.9 Å². The van der Waals surface area contributed by atoms with Gasteiger partial charge in [0.25, 0.3) is 5.91 Å². The van der Waals surface area contributed by atoms with E-state index in [9.17, 15) is 19.6 Å². The number of urea groups is 1. The second kappa shape index (κ2) is 15.7. The highest BCUT2D eigenvalue weighted by atomic mass is 16.5. The molecular weight excluding hydrogens is 733 g/mol. The van der Waals surface area contributed by atoms with E-state index < -0.39 is 0 Å². The van der Waals surface area contributed by atoms with Crippen molar-refractivity contribution in [3.05, 3.63) is 78.5 Å². The maximum Gasteiger partial charge on any atom is 0.328 e. The summed E-state index contributed by atoms with van der Waals surface area (Å²) >= 11 is 0. The number of nitriles is 1. The van der Waals surface area contributed by atoms with Gasteiger partial charge in [0.1, 0.15) is 11.8 Å². The number of anilines is 3. The first-order valence-electron chi connectivity index (χ1n) is 20.5. The third kappa shape index (κ3) is 7.42. The summed E-state index contributed by atoms with van der Waals surface area (Å²) < 4.78 is 7.72. The van der Waals surface area contributed by atoms with Crippen LogP contribution in [0.1, 0.15) is 79.8 Å². The van der Waals surface area contributed by atoms with Gasteiger partial charge in [-0.1, -0.05) is 12.1 Å². The van der Waals surface area contributed by atoms with E-state index in [1.165, 1.54) is 57.0 Å². The van der Waals surface area contributed by atoms with Crippen molar-refractivity contribution < 1.29 is 19.1 Å². The number of nitrogens with one attached hydrogen (secondary N) is 2. The van der Waals surface area contributed by atoms with E-state index in [0.717, 1.165) is 78.6 Å². The highest BCUT2D eigenvalue weighted by molar-refractivity contribution is 6.11. The van der Waals surface area contributed by atoms with Gasteiger partial charge in [0.15, 0.2) is 0 Å². The summed E-state index contributed by atoms with van der Waals surface area (Å²) in [7, 11) is 1.58. The van der Waals surface area contributed by atoms with Crippen LogP contribution in [0.5, 0.6) is 5.75 Å². The Labute approximate surface area is 337 Å². The molecule has 4 fully saturated rings. The van der Waals surface area contributed by atoms with Gasteiger partial charge in [-0.25, -0.2) is 4.79 Å². The quantitative estimate of drug-likeness (QED) is 0.174. The molecule has 14 heteroatoms. The molecule has 58 heavy (non-hydrogen) atoms. The van der Waals surface area contributed by atoms with Crippen LogP contribution in [0.2, 0.25) is 0 Å². The van der Waals surface area contributed by atoms with Gasteiger partial charge in [-0.2, -0.15) is 10.4 Å². The van der Waals surface area contributed by atoms with Crippen LogP contribution in [0, 0.1) is 22.7 Å². The molecule has 2 N–H and O–H groups in total. The van der Waals surface area contributed by atoms with Gasteiger partial charge in [-0.3, -0.25) is 34.5 Å². The zero-order valence-electron chi connectivity index (χ0n) is 32.8. The molecule has 0 atom stereocenters. The van der Waals surface area contributed by atoms with Crippen molar-refractivity contribution in [1.29, 1.82) is 5.26 Å². The molecule has 5 aromatic rings. The van der Waals surface area contributed by atoms with E-state index in [4.69, 9.17) is 9.84 Å². The van der Waals surface area contributed by atoms with Crippen LogP contribution in [-0.2, 0) is 4.79 Å². The lowest BCUT2D eigenvalue weighted by Crippen LogP contribution is -2.49. The summed E-state index contributed by atoms with van der Waals surface area (Å²) in [4.78, 5) is 52.8. The Hall–Kier alpha value is -6.07. The lowest BCUT2D eigenvalue weighted by atomic mass is 9.71. The zero-order valence-corrected chi connectivity index (χ0v) is 32.8. The number of carbonyl (C=O) groups is 3. The number of pyridine rings is 2. The molecule has 4 aliphatic rings. The molecule has 3 saturated heterocycles. The smallest absolute Gasteiger partial charge is 0.328 e. The maximum atomic E-state index is 13.0. The number of piperidine rings is 2. The van der Waals surface area contributed by atoms with Crippen LogP contribution in [-0.4, -0.2) is 88.9 Å². The fraction of sp³-hybridized carbons (Fsp3) is 0.432. The van der Waals surface area contributed by atoms with E-state index >= 15 is 0 Å². The number of hydrogen-bond acceptors (Lipinski definition) is 10. The average Bonchev–Trinajstić information content (AvgIpc) is 3.67. The van der Waals surface area contributed by atoms with E-state index in [1.807, 2.05) is 30.5 Å². The summed E-state index contributed by atoms with van der Waals surface area (Å²) in [6.45, 7) is 5.85. The van der Waals surface area contributed by atoms with Gasteiger partial charge in [-0.15, -0.1) is 0 Å². The summed E-state index contributed by atoms with van der Waals surface area (Å²) in [5.41, 5.74) is 4.30. The minimum absolute atomic E-state index is 0.239. The van der Waals surface area contributed by atoms with E-state index in [0.29, 0.717) is 46.5 Å². The van der Waals surface area contributed by atoms with E-state index in [1.54, 1.807) is 18.2 Å². The molecule has 3 aliphatic heterocycles. The molecule has 0 radical (unpaired) electrons. The number of ether oxygens (including phenoxy) is 1. The first-order chi connectivity index (χ1) is 28.3. The summed E-state index contributed by atoms with van der Waals surface area (Å²) in [6, 6.07) is 13.5. The largest absolute Gasteiger partial charge is 0.494 e. The fourth-order valence-corrected chi connectivity index (χ4v) is 9.68. The monoisotopic (exact) mass is 780 g/mol. The molecule has 4 amide bonds. The van der Waals surface area contributed by atoms with Crippen LogP contribution >= 0.6 is 0 Å². The first-order valence-corrected chi connectivity index (χ1v) is 20.5. The van der Waals surface area contributed by atoms with Crippen LogP contribution < -0.4 is 25.2 Å². The van der Waals surface area contributed by atoms with Gasteiger partial charge >= 0.3 is 6.03 Å². The van der Waals surface area contributed by atoms with E-state index in [-0.39, 0.29) is 24.3 Å². The number of benzene rings is 2. The topological polar surface area (TPSA) is 162 Å². The number of methoxy groups -OCH3 is 1. The molecule has 0 unspecified atom stereocenters. The Morgan fingerprint density at radius 3 is 2.47 bits per heavy atom. The Balaban J connectivity index is 0.768. The lowest BCUT2D eigenvalue weighted by Gasteiger charge is -2.48. The molecule has 1 saturated carbocycles. The molecule has 0 bridgehead atoms. The van der Waals surface area contributed by atoms with Crippen LogP contribution in [0.15, 0.2) is 67.4 Å². The van der Waals surface area contributed by atoms with Crippen LogP contribution in [0.25, 0.3) is 21.7 Å². The fourth-order valence-electron chi connectivity index (χ4n) is 9.68. The van der Waals surface area contributed by atoms with Gasteiger partial charge in [-0.05, 0) is 94.0 Å². The average molecular weight is 781 g/mol. The lowest BCUT2D eigenvalue weighted by molar-refractivity contribution is -0.120. The third-order valence-corrected chi connectivity index (χ3v) is 13.1. The standard InChI is InChI=1S/C44H48N10O4/c1-58-40-21-36-32(20-37(40)48-42(56)31-19-30(22-45)23-46-24-31)28-54(50-36)33-7-5-29(6-8-33)27-51-15-10-44(11-16-51)12-17-52(18-13-44)38-4-2-3-34-35(38)25-47-26-39(34)53-14-9-41(55)49-43(53)57/h2-4,19-21,23-26,28-29,33H,5-18,27H2,1H3,(H,48,56)(H,49,55,57). The van der Waals surface area contributed by atoms with Crippen molar-refractivity contribution in [2.75, 3.05) is 61.5 Å². The number of amides is 4. The van der Waals surface area contributed by atoms with Crippen molar-refractivity contribution in [1.82, 2.24) is 30.0 Å². The minimum Gasteiger partial charge on any atom is -0.494 e. The Morgan fingerprint density at radius 2 is 1.71 bits per heavy atom. The predicted molar refractivity (Wildman–Crippen MR) is 221 cm³/mol. The maximum absolute atomic E-state index is 13.0. The van der Waals surface area contributed by atoms with E-state index in [2.05, 4.69) is 53.4 Å². The number of hydrogen-bond donors (Lipinski definition) is 2. The SMILES string of the molecule is COc1cc2nn(C3CCC(CN4CCC5(CC4)CCN(c4cccc6c(N7CCC(=O)NC7=O)cncc46)CC5)CC3)cc2cc1NC(=O)c1cncc(C#N)c1. The number of rotatable bonds is 8. The molecular formula is C44H48N10O4. The zero-order chi connectivity index (χ0) is 39.8. The van der Waals surface area contributed by atoms with Crippen molar-refractivity contribution in [3.8, 4) is 11.8 Å². The highest BCUT2D eigenvalue weighted by Crippen LogP contribution is 2.44. The summed E-state index contributed by atoms with van der Waals surface area (Å²) in [5.74, 6) is 0.613. The molecule has 3 aromatic heterocycles. The molecule has 2 aromatic carbocycles. The highest BCUT2D eigenvalue weighted by Gasteiger charge is 2.39.